The maximum Gasteiger partial charge on any atom is 0.251 e. The number of unbranched alkanes of at least 4 members (excludes halogenated alkanes) is 1. The standard InChI is InChI=1S/C26H31N5O4/c1-33-15-12-22-30-23-24(18-8-4-5-9-19(18)29-25(23)27)31(22)14-7-6-13-28-26(32)17-10-11-20(34-2)21(16-17)35-3/h4-5,8-11,16H,6-7,12-15H2,1-3H3,(H2,27,29)(H,28,32). The van der Waals surface area contributed by atoms with E-state index >= 15 is 0 Å². The third-order valence-electron chi connectivity index (χ3n) is 5.96. The molecule has 0 bridgehead atoms. The van der Waals surface area contributed by atoms with Gasteiger partial charge in [-0.25, -0.2) is 9.97 Å². The summed E-state index contributed by atoms with van der Waals surface area (Å²) in [5.41, 5.74) is 9.34. The van der Waals surface area contributed by atoms with E-state index in [1.54, 1.807) is 39.5 Å². The van der Waals surface area contributed by atoms with E-state index in [0.717, 1.165) is 47.1 Å². The van der Waals surface area contributed by atoms with Gasteiger partial charge in [0, 0.05) is 37.6 Å². The van der Waals surface area contributed by atoms with Crippen molar-refractivity contribution in [3.05, 3.63) is 53.9 Å². The van der Waals surface area contributed by atoms with Gasteiger partial charge >= 0.3 is 0 Å². The smallest absolute Gasteiger partial charge is 0.251 e. The van der Waals surface area contributed by atoms with Crippen LogP contribution in [0, 0.1) is 0 Å². The quantitative estimate of drug-likeness (QED) is 0.317. The van der Waals surface area contributed by atoms with E-state index in [9.17, 15) is 4.79 Å². The number of methoxy groups -OCH3 is 3. The molecule has 0 aliphatic rings. The fraction of sp³-hybridized carbons (Fsp3) is 0.346. The minimum absolute atomic E-state index is 0.148. The van der Waals surface area contributed by atoms with Crippen LogP contribution in [0.1, 0.15) is 29.0 Å². The maximum absolute atomic E-state index is 12.6. The molecule has 0 atom stereocenters. The van der Waals surface area contributed by atoms with Crippen LogP contribution in [0.3, 0.4) is 0 Å². The zero-order valence-corrected chi connectivity index (χ0v) is 20.3. The molecule has 1 amide bonds. The van der Waals surface area contributed by atoms with Gasteiger partial charge in [-0.15, -0.1) is 0 Å². The number of rotatable bonds is 11. The molecule has 9 nitrogen and oxygen atoms in total. The lowest BCUT2D eigenvalue weighted by molar-refractivity contribution is 0.0952. The van der Waals surface area contributed by atoms with Crippen molar-refractivity contribution in [2.45, 2.75) is 25.8 Å². The summed E-state index contributed by atoms with van der Waals surface area (Å²) < 4.78 is 18.0. The molecule has 0 fully saturated rings. The molecule has 2 aromatic heterocycles. The van der Waals surface area contributed by atoms with Crippen molar-refractivity contribution >= 4 is 33.7 Å². The summed E-state index contributed by atoms with van der Waals surface area (Å²) >= 11 is 0. The molecule has 35 heavy (non-hydrogen) atoms. The minimum Gasteiger partial charge on any atom is -0.493 e. The summed E-state index contributed by atoms with van der Waals surface area (Å²) in [5.74, 6) is 2.31. The first-order chi connectivity index (χ1) is 17.1. The number of benzene rings is 2. The van der Waals surface area contributed by atoms with Gasteiger partial charge in [0.1, 0.15) is 11.3 Å². The van der Waals surface area contributed by atoms with E-state index in [4.69, 9.17) is 24.9 Å². The molecule has 4 aromatic rings. The van der Waals surface area contributed by atoms with Gasteiger partial charge in [-0.3, -0.25) is 4.79 Å². The largest absolute Gasteiger partial charge is 0.493 e. The molecular formula is C26H31N5O4. The van der Waals surface area contributed by atoms with Crippen LogP contribution >= 0.6 is 0 Å². The third-order valence-corrected chi connectivity index (χ3v) is 5.96. The van der Waals surface area contributed by atoms with Crippen LogP contribution in [-0.2, 0) is 17.7 Å². The molecule has 2 aromatic carbocycles. The van der Waals surface area contributed by atoms with E-state index in [-0.39, 0.29) is 5.91 Å². The number of anilines is 1. The number of aromatic nitrogens is 3. The Kier molecular flexibility index (Phi) is 7.67. The second kappa shape index (κ2) is 11.1. The maximum atomic E-state index is 12.6. The second-order valence-corrected chi connectivity index (χ2v) is 8.17. The Morgan fingerprint density at radius 1 is 1.03 bits per heavy atom. The van der Waals surface area contributed by atoms with E-state index < -0.39 is 0 Å². The van der Waals surface area contributed by atoms with E-state index in [2.05, 4.69) is 14.9 Å². The van der Waals surface area contributed by atoms with Crippen molar-refractivity contribution in [2.24, 2.45) is 0 Å². The molecule has 0 saturated carbocycles. The van der Waals surface area contributed by atoms with Crippen molar-refractivity contribution in [3.63, 3.8) is 0 Å². The zero-order chi connectivity index (χ0) is 24.8. The zero-order valence-electron chi connectivity index (χ0n) is 20.3. The van der Waals surface area contributed by atoms with Crippen LogP contribution in [-0.4, -0.2) is 54.9 Å². The molecule has 4 rings (SSSR count). The first-order valence-electron chi connectivity index (χ1n) is 11.6. The van der Waals surface area contributed by atoms with Gasteiger partial charge in [0.25, 0.3) is 5.91 Å². The molecule has 0 saturated heterocycles. The number of carbonyl (C=O) groups excluding carboxylic acids is 1. The molecule has 184 valence electrons. The van der Waals surface area contributed by atoms with Gasteiger partial charge in [0.05, 0.1) is 31.9 Å². The first kappa shape index (κ1) is 24.3. The summed E-state index contributed by atoms with van der Waals surface area (Å²) in [6.45, 7) is 1.86. The Morgan fingerprint density at radius 2 is 1.83 bits per heavy atom. The Balaban J connectivity index is 1.46. The number of para-hydroxylation sites is 1. The van der Waals surface area contributed by atoms with E-state index in [1.807, 2.05) is 24.3 Å². The van der Waals surface area contributed by atoms with Crippen molar-refractivity contribution in [3.8, 4) is 11.5 Å². The molecular weight excluding hydrogens is 446 g/mol. The molecule has 0 radical (unpaired) electrons. The third kappa shape index (κ3) is 5.14. The molecule has 0 spiro atoms. The van der Waals surface area contributed by atoms with Gasteiger partial charge in [0.2, 0.25) is 0 Å². The normalized spacial score (nSPS) is 11.2. The summed E-state index contributed by atoms with van der Waals surface area (Å²) in [5, 5.41) is 4.01. The lowest BCUT2D eigenvalue weighted by atomic mass is 10.1. The van der Waals surface area contributed by atoms with Crippen molar-refractivity contribution in [2.75, 3.05) is 40.2 Å². The first-order valence-corrected chi connectivity index (χ1v) is 11.6. The highest BCUT2D eigenvalue weighted by Crippen LogP contribution is 2.29. The van der Waals surface area contributed by atoms with Gasteiger partial charge < -0.3 is 29.8 Å². The number of fused-ring (bicyclic) bond motifs is 3. The van der Waals surface area contributed by atoms with Crippen LogP contribution < -0.4 is 20.5 Å². The number of pyridine rings is 1. The highest BCUT2D eigenvalue weighted by molar-refractivity contribution is 6.06. The number of amides is 1. The molecule has 9 heteroatoms. The van der Waals surface area contributed by atoms with Crippen molar-refractivity contribution in [1.82, 2.24) is 19.9 Å². The fourth-order valence-electron chi connectivity index (χ4n) is 4.21. The lowest BCUT2D eigenvalue weighted by Gasteiger charge is -2.12. The van der Waals surface area contributed by atoms with Crippen molar-refractivity contribution in [1.29, 1.82) is 0 Å². The average Bonchev–Trinajstić information content (AvgIpc) is 3.25. The van der Waals surface area contributed by atoms with Crippen molar-refractivity contribution < 1.29 is 19.0 Å². The highest BCUT2D eigenvalue weighted by atomic mass is 16.5. The summed E-state index contributed by atoms with van der Waals surface area (Å²) in [7, 11) is 4.79. The SMILES string of the molecule is COCCc1nc2c(N)nc3ccccc3c2n1CCCCNC(=O)c1ccc(OC)c(OC)c1. The Bertz CT molecular complexity index is 1330. The number of nitrogens with one attached hydrogen (secondary N) is 1. The predicted molar refractivity (Wildman–Crippen MR) is 136 cm³/mol. The van der Waals surface area contributed by atoms with Gasteiger partial charge in [-0.2, -0.15) is 0 Å². The van der Waals surface area contributed by atoms with Crippen LogP contribution in [0.15, 0.2) is 42.5 Å². The summed E-state index contributed by atoms with van der Waals surface area (Å²) in [6.07, 6.45) is 2.34. The molecule has 0 unspecified atom stereocenters. The highest BCUT2D eigenvalue weighted by Gasteiger charge is 2.17. The fourth-order valence-corrected chi connectivity index (χ4v) is 4.21. The topological polar surface area (TPSA) is 114 Å². The second-order valence-electron chi connectivity index (χ2n) is 8.17. The Hall–Kier alpha value is -3.85. The van der Waals surface area contributed by atoms with Crippen LogP contribution in [0.5, 0.6) is 11.5 Å². The molecule has 0 aliphatic carbocycles. The lowest BCUT2D eigenvalue weighted by Crippen LogP contribution is -2.24. The predicted octanol–water partition coefficient (Wildman–Crippen LogP) is 3.58. The van der Waals surface area contributed by atoms with E-state index in [0.29, 0.717) is 42.5 Å². The number of aryl methyl sites for hydroxylation is 1. The number of nitrogen functional groups attached to an aromatic ring is 1. The minimum atomic E-state index is -0.148. The number of carbonyl (C=O) groups is 1. The van der Waals surface area contributed by atoms with Gasteiger partial charge in [-0.1, -0.05) is 18.2 Å². The number of nitrogens with zero attached hydrogens (tertiary/aromatic N) is 3. The molecule has 2 heterocycles. The number of hydrogen-bond acceptors (Lipinski definition) is 7. The number of ether oxygens (including phenoxy) is 3. The molecule has 3 N–H and O–H groups in total. The van der Waals surface area contributed by atoms with E-state index in [1.165, 1.54) is 0 Å². The number of hydrogen-bond donors (Lipinski definition) is 2. The number of imidazole rings is 1. The van der Waals surface area contributed by atoms with Crippen LogP contribution in [0.4, 0.5) is 5.82 Å². The van der Waals surface area contributed by atoms with Crippen LogP contribution in [0.2, 0.25) is 0 Å². The number of nitrogens with two attached hydrogens (primary N) is 1. The van der Waals surface area contributed by atoms with Gasteiger partial charge in [-0.05, 0) is 37.1 Å². The monoisotopic (exact) mass is 477 g/mol. The average molecular weight is 478 g/mol. The van der Waals surface area contributed by atoms with Gasteiger partial charge in [0.15, 0.2) is 17.3 Å². The Labute approximate surface area is 204 Å². The summed E-state index contributed by atoms with van der Waals surface area (Å²) in [6, 6.07) is 13.1. The summed E-state index contributed by atoms with van der Waals surface area (Å²) in [4.78, 5) is 21.9. The Morgan fingerprint density at radius 3 is 2.60 bits per heavy atom. The van der Waals surface area contributed by atoms with Crippen LogP contribution in [0.25, 0.3) is 21.9 Å². The molecule has 0 aliphatic heterocycles.